The predicted molar refractivity (Wildman–Crippen MR) is 74.9 cm³/mol. The molecule has 0 fully saturated rings. The third-order valence-corrected chi connectivity index (χ3v) is 3.34. The minimum absolute atomic E-state index is 0.536. The van der Waals surface area contributed by atoms with E-state index in [4.69, 9.17) is 0 Å². The first-order valence-electron chi connectivity index (χ1n) is 7.07. The fourth-order valence-corrected chi connectivity index (χ4v) is 2.39. The Bertz CT molecular complexity index is 376. The Morgan fingerprint density at radius 3 is 2.78 bits per heavy atom. The van der Waals surface area contributed by atoms with E-state index in [-0.39, 0.29) is 0 Å². The van der Waals surface area contributed by atoms with Crippen LogP contribution < -0.4 is 10.6 Å². The Balaban J connectivity index is 1.95. The van der Waals surface area contributed by atoms with E-state index in [0.29, 0.717) is 6.04 Å². The highest BCUT2D eigenvalue weighted by molar-refractivity contribution is 5.46. The van der Waals surface area contributed by atoms with E-state index < -0.39 is 0 Å². The number of nitrogens with zero attached hydrogens (tertiary/aromatic N) is 2. The Morgan fingerprint density at radius 1 is 1.11 bits per heavy atom. The summed E-state index contributed by atoms with van der Waals surface area (Å²) >= 11 is 0. The van der Waals surface area contributed by atoms with Crippen molar-refractivity contribution in [1.82, 2.24) is 15.3 Å². The Hall–Kier alpha value is -1.16. The minimum atomic E-state index is 0.536. The second kappa shape index (κ2) is 6.69. The van der Waals surface area contributed by atoms with Crippen LogP contribution in [0.3, 0.4) is 0 Å². The number of hydrogen-bond acceptors (Lipinski definition) is 4. The zero-order valence-corrected chi connectivity index (χ0v) is 11.5. The molecule has 0 saturated carbocycles. The van der Waals surface area contributed by atoms with Crippen LogP contribution in [0.15, 0.2) is 6.33 Å². The summed E-state index contributed by atoms with van der Waals surface area (Å²) in [4.78, 5) is 8.83. The van der Waals surface area contributed by atoms with Crippen molar-refractivity contribution in [2.75, 3.05) is 18.4 Å². The van der Waals surface area contributed by atoms with Gasteiger partial charge in [-0.15, -0.1) is 0 Å². The first-order valence-corrected chi connectivity index (χ1v) is 7.07. The highest BCUT2D eigenvalue weighted by atomic mass is 15.0. The van der Waals surface area contributed by atoms with Crippen molar-refractivity contribution in [3.63, 3.8) is 0 Å². The van der Waals surface area contributed by atoms with Gasteiger partial charge in [-0.2, -0.15) is 0 Å². The molecule has 0 amide bonds. The first kappa shape index (κ1) is 13.3. The van der Waals surface area contributed by atoms with E-state index in [2.05, 4.69) is 34.4 Å². The van der Waals surface area contributed by atoms with Crippen LogP contribution in [0, 0.1) is 0 Å². The second-order valence-electron chi connectivity index (χ2n) is 5.24. The second-order valence-corrected chi connectivity index (χ2v) is 5.24. The zero-order chi connectivity index (χ0) is 12.8. The molecule has 4 heteroatoms. The SMILES string of the molecule is CC(C)NCCNc1ncnc2c1CCCCC2. The third kappa shape index (κ3) is 3.67. The standard InChI is InChI=1S/C14H24N4/c1-11(2)15-8-9-16-14-12-6-4-3-5-7-13(12)17-10-18-14/h10-11,15H,3-9H2,1-2H3,(H,16,17,18). The van der Waals surface area contributed by atoms with Crippen molar-refractivity contribution in [3.8, 4) is 0 Å². The van der Waals surface area contributed by atoms with Crippen LogP contribution in [0.25, 0.3) is 0 Å². The molecule has 0 spiro atoms. The molecule has 18 heavy (non-hydrogen) atoms. The van der Waals surface area contributed by atoms with Crippen LogP contribution >= 0.6 is 0 Å². The molecule has 0 aromatic carbocycles. The maximum atomic E-state index is 4.43. The fourth-order valence-electron chi connectivity index (χ4n) is 2.39. The van der Waals surface area contributed by atoms with E-state index in [1.54, 1.807) is 6.33 Å². The summed E-state index contributed by atoms with van der Waals surface area (Å²) in [6, 6.07) is 0.536. The van der Waals surface area contributed by atoms with Crippen molar-refractivity contribution < 1.29 is 0 Å². The van der Waals surface area contributed by atoms with Gasteiger partial charge in [-0.25, -0.2) is 9.97 Å². The molecule has 0 bridgehead atoms. The molecule has 1 aliphatic rings. The van der Waals surface area contributed by atoms with Gasteiger partial charge < -0.3 is 10.6 Å². The molecular formula is C14H24N4. The van der Waals surface area contributed by atoms with E-state index in [1.807, 2.05) is 0 Å². The normalized spacial score (nSPS) is 15.3. The van der Waals surface area contributed by atoms with Crippen molar-refractivity contribution >= 4 is 5.82 Å². The van der Waals surface area contributed by atoms with Gasteiger partial charge in [-0.3, -0.25) is 0 Å². The highest BCUT2D eigenvalue weighted by Gasteiger charge is 2.13. The van der Waals surface area contributed by atoms with Gasteiger partial charge in [0.2, 0.25) is 0 Å². The van der Waals surface area contributed by atoms with Crippen molar-refractivity contribution in [3.05, 3.63) is 17.6 Å². The Labute approximate surface area is 110 Å². The highest BCUT2D eigenvalue weighted by Crippen LogP contribution is 2.23. The van der Waals surface area contributed by atoms with E-state index in [0.717, 1.165) is 31.7 Å². The van der Waals surface area contributed by atoms with Crippen molar-refractivity contribution in [2.45, 2.75) is 52.0 Å². The summed E-state index contributed by atoms with van der Waals surface area (Å²) in [5, 5.41) is 6.84. The predicted octanol–water partition coefficient (Wildman–Crippen LogP) is 2.16. The molecule has 0 aliphatic heterocycles. The largest absolute Gasteiger partial charge is 0.368 e. The number of fused-ring (bicyclic) bond motifs is 1. The van der Waals surface area contributed by atoms with Crippen LogP contribution in [-0.4, -0.2) is 29.1 Å². The summed E-state index contributed by atoms with van der Waals surface area (Å²) in [6.45, 7) is 6.21. The third-order valence-electron chi connectivity index (χ3n) is 3.34. The van der Waals surface area contributed by atoms with Crippen LogP contribution in [0.1, 0.15) is 44.4 Å². The molecule has 1 aromatic heterocycles. The van der Waals surface area contributed by atoms with Gasteiger partial charge in [-0.05, 0) is 25.7 Å². The van der Waals surface area contributed by atoms with Gasteiger partial charge in [0, 0.05) is 30.4 Å². The van der Waals surface area contributed by atoms with Crippen LogP contribution in [0.4, 0.5) is 5.82 Å². The molecule has 2 rings (SSSR count). The van der Waals surface area contributed by atoms with Crippen LogP contribution in [0.5, 0.6) is 0 Å². The van der Waals surface area contributed by atoms with Gasteiger partial charge in [-0.1, -0.05) is 20.3 Å². The molecule has 2 N–H and O–H groups in total. The number of aromatic nitrogens is 2. The fraction of sp³-hybridized carbons (Fsp3) is 0.714. The zero-order valence-electron chi connectivity index (χ0n) is 11.5. The summed E-state index contributed by atoms with van der Waals surface area (Å²) < 4.78 is 0. The Kier molecular flexibility index (Phi) is 4.93. The average molecular weight is 248 g/mol. The number of rotatable bonds is 5. The number of anilines is 1. The topological polar surface area (TPSA) is 49.8 Å². The molecule has 1 aliphatic carbocycles. The van der Waals surface area contributed by atoms with E-state index in [1.165, 1.54) is 30.5 Å². The summed E-state index contributed by atoms with van der Waals surface area (Å²) in [7, 11) is 0. The van der Waals surface area contributed by atoms with Gasteiger partial charge in [0.15, 0.2) is 0 Å². The number of aryl methyl sites for hydroxylation is 1. The maximum Gasteiger partial charge on any atom is 0.132 e. The van der Waals surface area contributed by atoms with Gasteiger partial charge >= 0.3 is 0 Å². The van der Waals surface area contributed by atoms with E-state index in [9.17, 15) is 0 Å². The van der Waals surface area contributed by atoms with Gasteiger partial charge in [0.1, 0.15) is 12.1 Å². The summed E-state index contributed by atoms with van der Waals surface area (Å²) in [5.41, 5.74) is 2.60. The lowest BCUT2D eigenvalue weighted by Crippen LogP contribution is -2.28. The molecular weight excluding hydrogens is 224 g/mol. The number of nitrogens with one attached hydrogen (secondary N) is 2. The van der Waals surface area contributed by atoms with Crippen LogP contribution in [-0.2, 0) is 12.8 Å². The van der Waals surface area contributed by atoms with E-state index >= 15 is 0 Å². The Morgan fingerprint density at radius 2 is 1.94 bits per heavy atom. The molecule has 4 nitrogen and oxygen atoms in total. The molecule has 1 heterocycles. The van der Waals surface area contributed by atoms with Crippen LogP contribution in [0.2, 0.25) is 0 Å². The maximum absolute atomic E-state index is 4.43. The number of hydrogen-bond donors (Lipinski definition) is 2. The molecule has 1 aromatic rings. The average Bonchev–Trinajstić information content (AvgIpc) is 2.60. The minimum Gasteiger partial charge on any atom is -0.368 e. The lowest BCUT2D eigenvalue weighted by Gasteiger charge is -2.13. The van der Waals surface area contributed by atoms with Gasteiger partial charge in [0.25, 0.3) is 0 Å². The summed E-state index contributed by atoms with van der Waals surface area (Å²) in [5.74, 6) is 1.05. The van der Waals surface area contributed by atoms with Gasteiger partial charge in [0.05, 0.1) is 0 Å². The molecule has 0 unspecified atom stereocenters. The lowest BCUT2D eigenvalue weighted by atomic mass is 10.1. The monoisotopic (exact) mass is 248 g/mol. The molecule has 0 saturated heterocycles. The smallest absolute Gasteiger partial charge is 0.132 e. The molecule has 0 radical (unpaired) electrons. The lowest BCUT2D eigenvalue weighted by molar-refractivity contribution is 0.601. The molecule has 100 valence electrons. The molecule has 0 atom stereocenters. The van der Waals surface area contributed by atoms with Crippen molar-refractivity contribution in [2.24, 2.45) is 0 Å². The quantitative estimate of drug-likeness (QED) is 0.619. The van der Waals surface area contributed by atoms with Crippen molar-refractivity contribution in [1.29, 1.82) is 0 Å². The first-order chi connectivity index (χ1) is 8.77. The summed E-state index contributed by atoms with van der Waals surface area (Å²) in [6.07, 6.45) is 7.76.